The normalized spacial score (nSPS) is 17.9. The summed E-state index contributed by atoms with van der Waals surface area (Å²) in [7, 11) is 0. The number of phenolic OH excluding ortho intramolecular Hbond substituents is 1. The molecule has 4 aromatic carbocycles. The number of aromatic hydroxyl groups is 1. The van der Waals surface area contributed by atoms with Crippen LogP contribution in [-0.4, -0.2) is 77.0 Å². The molecule has 1 saturated heterocycles. The number of halogens is 1. The van der Waals surface area contributed by atoms with E-state index in [-0.39, 0.29) is 30.4 Å². The number of hydrogen-bond acceptors (Lipinski definition) is 7. The Bertz CT molecular complexity index is 2170. The van der Waals surface area contributed by atoms with Crippen LogP contribution in [-0.2, 0) is 30.7 Å². The predicted molar refractivity (Wildman–Crippen MR) is 206 cm³/mol. The summed E-state index contributed by atoms with van der Waals surface area (Å²) in [6.07, 6.45) is 3.35. The van der Waals surface area contributed by atoms with E-state index in [1.807, 2.05) is 41.3 Å². The van der Waals surface area contributed by atoms with Crippen LogP contribution in [0.15, 0.2) is 91.0 Å². The molecule has 11 heteroatoms. The van der Waals surface area contributed by atoms with E-state index >= 15 is 4.79 Å². The Hall–Kier alpha value is -5.29. The van der Waals surface area contributed by atoms with Gasteiger partial charge in [-0.15, -0.1) is 0 Å². The maximum absolute atomic E-state index is 15.2. The molecule has 0 spiro atoms. The van der Waals surface area contributed by atoms with Crippen LogP contribution in [0, 0.1) is 0 Å². The van der Waals surface area contributed by atoms with Crippen molar-refractivity contribution in [2.75, 3.05) is 44.5 Å². The molecule has 10 nitrogen and oxygen atoms in total. The first-order valence-electron chi connectivity index (χ1n) is 18.6. The molecule has 9 rings (SSSR count). The van der Waals surface area contributed by atoms with Gasteiger partial charge in [-0.25, -0.2) is 0 Å². The lowest BCUT2D eigenvalue weighted by Gasteiger charge is -2.40. The van der Waals surface area contributed by atoms with Gasteiger partial charge in [0.1, 0.15) is 5.75 Å². The number of anilines is 2. The van der Waals surface area contributed by atoms with E-state index in [4.69, 9.17) is 25.8 Å². The zero-order chi connectivity index (χ0) is 36.8. The standard InChI is InChI=1S/C43H41ClN4O6/c44-30-8-10-31(11-9-30)48(32-12-14-34(49)15-13-32)43(51)37-22-39(46-16-4-3-7-38(37)46)35-23-40-41(54-27-53-40)24-36(35)42(50)47-25-29-6-2-1-5-28(29)21-33(47)26-45-17-19-52-20-18-45/h1-2,5-6,8-15,22-24,33,49H,3-4,7,16-21,25-27H2/t33-/m0/s1. The lowest BCUT2D eigenvalue weighted by molar-refractivity contribution is 0.0193. The van der Waals surface area contributed by atoms with Crippen LogP contribution in [0.4, 0.5) is 11.4 Å². The van der Waals surface area contributed by atoms with Gasteiger partial charge in [-0.1, -0.05) is 35.9 Å². The molecule has 54 heavy (non-hydrogen) atoms. The first-order chi connectivity index (χ1) is 26.4. The fraction of sp³-hybridized carbons (Fsp3) is 0.302. The van der Waals surface area contributed by atoms with Gasteiger partial charge < -0.3 is 28.8 Å². The van der Waals surface area contributed by atoms with Gasteiger partial charge in [0.25, 0.3) is 11.8 Å². The van der Waals surface area contributed by atoms with Gasteiger partial charge in [-0.2, -0.15) is 0 Å². The fourth-order valence-corrected chi connectivity index (χ4v) is 8.46. The van der Waals surface area contributed by atoms with Gasteiger partial charge in [0, 0.05) is 72.1 Å². The summed E-state index contributed by atoms with van der Waals surface area (Å²) in [4.78, 5) is 36.2. The Kier molecular flexibility index (Phi) is 9.26. The second kappa shape index (κ2) is 14.5. The number of morpholine rings is 1. The molecule has 2 amide bonds. The van der Waals surface area contributed by atoms with E-state index in [0.717, 1.165) is 55.8 Å². The van der Waals surface area contributed by atoms with Crippen molar-refractivity contribution in [1.29, 1.82) is 0 Å². The molecule has 5 aromatic rings. The molecule has 0 radical (unpaired) electrons. The number of hydrogen-bond donors (Lipinski definition) is 1. The highest BCUT2D eigenvalue weighted by Crippen LogP contribution is 2.43. The first kappa shape index (κ1) is 34.5. The summed E-state index contributed by atoms with van der Waals surface area (Å²) >= 11 is 6.27. The third-order valence-corrected chi connectivity index (χ3v) is 11.3. The van der Waals surface area contributed by atoms with Crippen LogP contribution >= 0.6 is 11.6 Å². The molecule has 4 aliphatic heterocycles. The van der Waals surface area contributed by atoms with E-state index < -0.39 is 0 Å². The largest absolute Gasteiger partial charge is 0.508 e. The maximum Gasteiger partial charge on any atom is 0.264 e. The van der Waals surface area contributed by atoms with Gasteiger partial charge in [0.05, 0.1) is 24.3 Å². The Morgan fingerprint density at radius 1 is 0.815 bits per heavy atom. The van der Waals surface area contributed by atoms with Crippen molar-refractivity contribution in [2.24, 2.45) is 0 Å². The molecule has 5 heterocycles. The minimum absolute atomic E-state index is 0.0413. The number of rotatable bonds is 7. The lowest BCUT2D eigenvalue weighted by atomic mass is 9.92. The molecule has 1 fully saturated rings. The van der Waals surface area contributed by atoms with E-state index in [2.05, 4.69) is 27.7 Å². The molecule has 1 N–H and O–H groups in total. The summed E-state index contributed by atoms with van der Waals surface area (Å²) in [5, 5.41) is 10.6. The molecule has 276 valence electrons. The van der Waals surface area contributed by atoms with Gasteiger partial charge in [-0.3, -0.25) is 19.4 Å². The van der Waals surface area contributed by atoms with Gasteiger partial charge in [-0.05, 0) is 104 Å². The van der Waals surface area contributed by atoms with Crippen LogP contribution in [0.2, 0.25) is 5.02 Å². The molecule has 1 atom stereocenters. The number of ether oxygens (including phenoxy) is 3. The SMILES string of the molecule is O=C(c1cc(-c2cc3c(cc2C(=O)N2Cc4ccccc4C[C@H]2CN2CCOCC2)OCO3)n2c1CCCC2)N(c1ccc(O)cc1)c1ccc(Cl)cc1. The number of benzene rings is 4. The summed E-state index contributed by atoms with van der Waals surface area (Å²) in [6.45, 7) is 5.06. The second-order valence-corrected chi connectivity index (χ2v) is 14.8. The van der Waals surface area contributed by atoms with Gasteiger partial charge in [0.2, 0.25) is 6.79 Å². The fourth-order valence-electron chi connectivity index (χ4n) is 8.34. The van der Waals surface area contributed by atoms with Crippen molar-refractivity contribution in [3.63, 3.8) is 0 Å². The Labute approximate surface area is 319 Å². The molecule has 1 aromatic heterocycles. The van der Waals surface area contributed by atoms with Crippen molar-refractivity contribution in [3.05, 3.63) is 124 Å². The number of nitrogens with zero attached hydrogens (tertiary/aromatic N) is 4. The molecule has 0 saturated carbocycles. The number of aromatic nitrogens is 1. The monoisotopic (exact) mass is 744 g/mol. The van der Waals surface area contributed by atoms with Crippen molar-refractivity contribution in [1.82, 2.24) is 14.4 Å². The third-order valence-electron chi connectivity index (χ3n) is 11.1. The van der Waals surface area contributed by atoms with Crippen LogP contribution in [0.25, 0.3) is 11.3 Å². The maximum atomic E-state index is 15.2. The van der Waals surface area contributed by atoms with Crippen LogP contribution in [0.1, 0.15) is 50.4 Å². The van der Waals surface area contributed by atoms with Crippen molar-refractivity contribution < 1.29 is 28.9 Å². The minimum atomic E-state index is -0.216. The predicted octanol–water partition coefficient (Wildman–Crippen LogP) is 7.46. The minimum Gasteiger partial charge on any atom is -0.508 e. The Morgan fingerprint density at radius 3 is 2.28 bits per heavy atom. The number of phenols is 1. The molecule has 4 aliphatic rings. The Morgan fingerprint density at radius 2 is 1.52 bits per heavy atom. The van der Waals surface area contributed by atoms with Crippen molar-refractivity contribution in [3.8, 4) is 28.5 Å². The Balaban J connectivity index is 1.15. The highest BCUT2D eigenvalue weighted by molar-refractivity contribution is 6.30. The van der Waals surface area contributed by atoms with Crippen molar-refractivity contribution >= 4 is 34.8 Å². The van der Waals surface area contributed by atoms with Gasteiger partial charge >= 0.3 is 0 Å². The highest BCUT2D eigenvalue weighted by Gasteiger charge is 2.36. The molecular weight excluding hydrogens is 704 g/mol. The van der Waals surface area contributed by atoms with Crippen molar-refractivity contribution in [2.45, 2.75) is 44.8 Å². The quantitative estimate of drug-likeness (QED) is 0.185. The van der Waals surface area contributed by atoms with Crippen LogP contribution in [0.5, 0.6) is 17.2 Å². The van der Waals surface area contributed by atoms with E-state index in [1.165, 1.54) is 5.56 Å². The average molecular weight is 745 g/mol. The summed E-state index contributed by atoms with van der Waals surface area (Å²) in [6, 6.07) is 27.8. The lowest BCUT2D eigenvalue weighted by Crippen LogP contribution is -2.52. The summed E-state index contributed by atoms with van der Waals surface area (Å²) in [5.74, 6) is 0.915. The van der Waals surface area contributed by atoms with E-state index in [1.54, 1.807) is 41.3 Å². The smallest absolute Gasteiger partial charge is 0.264 e. The van der Waals surface area contributed by atoms with Crippen LogP contribution in [0.3, 0.4) is 0 Å². The molecule has 0 unspecified atom stereocenters. The number of carbonyl (C=O) groups excluding carboxylic acids is 2. The third kappa shape index (κ3) is 6.48. The average Bonchev–Trinajstić information content (AvgIpc) is 3.83. The number of fused-ring (bicyclic) bond motifs is 3. The molecular formula is C43H41ClN4O6. The first-order valence-corrected chi connectivity index (χ1v) is 19.0. The molecule has 0 aliphatic carbocycles. The topological polar surface area (TPSA) is 96.7 Å². The van der Waals surface area contributed by atoms with Crippen LogP contribution < -0.4 is 14.4 Å². The zero-order valence-electron chi connectivity index (χ0n) is 29.9. The molecule has 0 bridgehead atoms. The van der Waals surface area contributed by atoms with E-state index in [0.29, 0.717) is 77.3 Å². The summed E-state index contributed by atoms with van der Waals surface area (Å²) < 4.78 is 19.6. The number of carbonyl (C=O) groups is 2. The van der Waals surface area contributed by atoms with E-state index in [9.17, 15) is 9.90 Å². The number of amides is 2. The highest BCUT2D eigenvalue weighted by atomic mass is 35.5. The second-order valence-electron chi connectivity index (χ2n) is 14.4. The summed E-state index contributed by atoms with van der Waals surface area (Å²) in [5.41, 5.74) is 7.16. The van der Waals surface area contributed by atoms with Gasteiger partial charge in [0.15, 0.2) is 11.5 Å². The zero-order valence-corrected chi connectivity index (χ0v) is 30.6.